The van der Waals surface area contributed by atoms with Gasteiger partial charge >= 0.3 is 0 Å². The number of nitrogens with one attached hydrogen (secondary N) is 2. The van der Waals surface area contributed by atoms with Crippen LogP contribution in [0.3, 0.4) is 0 Å². The molecule has 8 nitrogen and oxygen atoms in total. The molecule has 3 aromatic rings. The molecule has 1 unspecified atom stereocenters. The number of nitrogens with zero attached hydrogens (tertiary/aromatic N) is 1. The Morgan fingerprint density at radius 3 is 2.25 bits per heavy atom. The van der Waals surface area contributed by atoms with Crippen molar-refractivity contribution in [1.29, 1.82) is 0 Å². The van der Waals surface area contributed by atoms with Crippen LogP contribution in [0.1, 0.15) is 26.7 Å². The van der Waals surface area contributed by atoms with E-state index in [0.29, 0.717) is 11.3 Å². The summed E-state index contributed by atoms with van der Waals surface area (Å²) in [5, 5.41) is 5.45. The molecule has 0 saturated heterocycles. The van der Waals surface area contributed by atoms with E-state index in [1.165, 1.54) is 29.6 Å². The Labute approximate surface area is 160 Å². The third kappa shape index (κ3) is 2.75. The number of furan rings is 2. The highest BCUT2D eigenvalue weighted by Crippen LogP contribution is 2.39. The molecule has 1 aromatic carbocycles. The molecule has 8 heteroatoms. The maximum Gasteiger partial charge on any atom is 0.288 e. The zero-order chi connectivity index (χ0) is 19.7. The molecule has 0 fully saturated rings. The first-order valence-electron chi connectivity index (χ1n) is 8.58. The van der Waals surface area contributed by atoms with Crippen LogP contribution >= 0.6 is 0 Å². The predicted molar refractivity (Wildman–Crippen MR) is 98.7 cm³/mol. The molecule has 1 aliphatic heterocycles. The minimum absolute atomic E-state index is 0.0663. The molecule has 1 atom stereocenters. The highest BCUT2D eigenvalue weighted by atomic mass is 16.3. The fourth-order valence-electron chi connectivity index (χ4n) is 3.34. The van der Waals surface area contributed by atoms with Crippen molar-refractivity contribution in [1.82, 2.24) is 10.6 Å². The van der Waals surface area contributed by atoms with Crippen molar-refractivity contribution in [2.75, 3.05) is 18.5 Å². The topological polar surface area (TPSA) is 105 Å². The molecule has 0 radical (unpaired) electrons. The highest BCUT2D eigenvalue weighted by Gasteiger charge is 2.51. The number of carbonyl (C=O) groups excluding carboxylic acids is 3. The van der Waals surface area contributed by atoms with Crippen molar-refractivity contribution in [3.63, 3.8) is 0 Å². The van der Waals surface area contributed by atoms with Crippen LogP contribution in [0, 0.1) is 0 Å². The van der Waals surface area contributed by atoms with E-state index in [4.69, 9.17) is 8.83 Å². The normalized spacial score (nSPS) is 18.0. The molecule has 28 heavy (non-hydrogen) atoms. The van der Waals surface area contributed by atoms with Crippen molar-refractivity contribution < 1.29 is 23.2 Å². The average Bonchev–Trinajstić information content (AvgIpc) is 3.46. The van der Waals surface area contributed by atoms with Crippen LogP contribution in [0.2, 0.25) is 0 Å². The molecule has 0 saturated carbocycles. The fraction of sp³-hybridized carbons (Fsp3) is 0.150. The Balaban J connectivity index is 1.70. The van der Waals surface area contributed by atoms with Crippen LogP contribution in [0.15, 0.2) is 69.9 Å². The second-order valence-corrected chi connectivity index (χ2v) is 6.38. The molecule has 0 spiro atoms. The first kappa shape index (κ1) is 17.6. The van der Waals surface area contributed by atoms with Crippen molar-refractivity contribution in [2.24, 2.45) is 0 Å². The number of hydrogen-bond acceptors (Lipinski definition) is 5. The summed E-state index contributed by atoms with van der Waals surface area (Å²) < 4.78 is 10.2. The van der Waals surface area contributed by atoms with Gasteiger partial charge in [0, 0.05) is 18.3 Å². The number of fused-ring (bicyclic) bond motifs is 1. The van der Waals surface area contributed by atoms with Crippen LogP contribution in [0.5, 0.6) is 0 Å². The second-order valence-electron chi connectivity index (χ2n) is 6.38. The van der Waals surface area contributed by atoms with E-state index < -0.39 is 17.4 Å². The first-order chi connectivity index (χ1) is 13.5. The lowest BCUT2D eigenvalue weighted by molar-refractivity contribution is -0.123. The maximum absolute atomic E-state index is 13.2. The Morgan fingerprint density at radius 2 is 1.61 bits per heavy atom. The Bertz CT molecular complexity index is 1030. The van der Waals surface area contributed by atoms with Crippen molar-refractivity contribution in [2.45, 2.75) is 5.54 Å². The van der Waals surface area contributed by atoms with Crippen LogP contribution in [-0.2, 0) is 10.3 Å². The standard InChI is InChI=1S/C20H17N3O5/c1-23-14-7-3-2-6-13(14)20(19(23)26,22-18(25)16-9-5-11-28-16)12-21-17(24)15-8-4-10-27-15/h2-11H,12H2,1H3,(H,21,24)(H,22,25). The minimum Gasteiger partial charge on any atom is -0.459 e. The zero-order valence-electron chi connectivity index (χ0n) is 15.0. The van der Waals surface area contributed by atoms with Crippen molar-refractivity contribution in [3.8, 4) is 0 Å². The van der Waals surface area contributed by atoms with Crippen molar-refractivity contribution >= 4 is 23.4 Å². The van der Waals surface area contributed by atoms with E-state index in [1.54, 1.807) is 43.4 Å². The summed E-state index contributed by atoms with van der Waals surface area (Å²) in [7, 11) is 1.62. The van der Waals surface area contributed by atoms with Gasteiger partial charge in [-0.1, -0.05) is 18.2 Å². The molecule has 2 aromatic heterocycles. The molecule has 142 valence electrons. The lowest BCUT2D eigenvalue weighted by Crippen LogP contribution is -2.58. The molecule has 0 bridgehead atoms. The lowest BCUT2D eigenvalue weighted by Gasteiger charge is -2.29. The summed E-state index contributed by atoms with van der Waals surface area (Å²) in [6.07, 6.45) is 2.75. The summed E-state index contributed by atoms with van der Waals surface area (Å²) in [5.74, 6) is -1.24. The first-order valence-corrected chi connectivity index (χ1v) is 8.58. The predicted octanol–water partition coefficient (Wildman–Crippen LogP) is 1.90. The molecule has 0 aliphatic carbocycles. The van der Waals surface area contributed by atoms with E-state index in [9.17, 15) is 14.4 Å². The molecule has 3 heterocycles. The molecule has 3 amide bonds. The van der Waals surface area contributed by atoms with Crippen LogP contribution in [-0.4, -0.2) is 31.3 Å². The summed E-state index contributed by atoms with van der Waals surface area (Å²) in [4.78, 5) is 39.7. The van der Waals surface area contributed by atoms with E-state index in [0.717, 1.165) is 0 Å². The fourth-order valence-corrected chi connectivity index (χ4v) is 3.34. The van der Waals surface area contributed by atoms with Gasteiger partial charge in [0.25, 0.3) is 17.7 Å². The number of amides is 3. The van der Waals surface area contributed by atoms with Crippen molar-refractivity contribution in [3.05, 3.63) is 78.1 Å². The van der Waals surface area contributed by atoms with Gasteiger partial charge in [-0.15, -0.1) is 0 Å². The zero-order valence-corrected chi connectivity index (χ0v) is 15.0. The Kier molecular flexibility index (Phi) is 4.23. The average molecular weight is 379 g/mol. The number of anilines is 1. The number of carbonyl (C=O) groups is 3. The van der Waals surface area contributed by atoms with Gasteiger partial charge in [0.2, 0.25) is 0 Å². The third-order valence-electron chi connectivity index (χ3n) is 4.73. The number of benzene rings is 1. The molecule has 1 aliphatic rings. The van der Waals surface area contributed by atoms with Gasteiger partial charge in [-0.2, -0.15) is 0 Å². The molecule has 4 rings (SSSR count). The Morgan fingerprint density at radius 1 is 0.964 bits per heavy atom. The number of likely N-dealkylation sites (N-methyl/N-ethyl adjacent to an activating group) is 1. The van der Waals surface area contributed by atoms with Crippen LogP contribution in [0.4, 0.5) is 5.69 Å². The Hall–Kier alpha value is -3.81. The largest absolute Gasteiger partial charge is 0.459 e. The van der Waals surface area contributed by atoms with Gasteiger partial charge in [0.1, 0.15) is 0 Å². The van der Waals surface area contributed by atoms with Crippen LogP contribution < -0.4 is 15.5 Å². The van der Waals surface area contributed by atoms with E-state index in [1.807, 2.05) is 0 Å². The lowest BCUT2D eigenvalue weighted by atomic mass is 9.90. The summed E-state index contributed by atoms with van der Waals surface area (Å²) in [6.45, 7) is -0.154. The minimum atomic E-state index is -1.47. The van der Waals surface area contributed by atoms with E-state index in [2.05, 4.69) is 10.6 Å². The number of para-hydroxylation sites is 1. The summed E-state index contributed by atoms with van der Waals surface area (Å²) >= 11 is 0. The van der Waals surface area contributed by atoms with Gasteiger partial charge < -0.3 is 24.4 Å². The second kappa shape index (κ2) is 6.73. The van der Waals surface area contributed by atoms with Gasteiger partial charge in [0.05, 0.1) is 19.1 Å². The smallest absolute Gasteiger partial charge is 0.288 e. The monoisotopic (exact) mass is 379 g/mol. The van der Waals surface area contributed by atoms with Gasteiger partial charge in [-0.25, -0.2) is 0 Å². The van der Waals surface area contributed by atoms with Crippen LogP contribution in [0.25, 0.3) is 0 Å². The summed E-state index contributed by atoms with van der Waals surface area (Å²) in [5.41, 5.74) is -0.237. The molecule has 2 N–H and O–H groups in total. The molecular weight excluding hydrogens is 362 g/mol. The third-order valence-corrected chi connectivity index (χ3v) is 4.73. The summed E-state index contributed by atoms with van der Waals surface area (Å²) in [6, 6.07) is 13.3. The van der Waals surface area contributed by atoms with E-state index >= 15 is 0 Å². The maximum atomic E-state index is 13.2. The van der Waals surface area contributed by atoms with E-state index in [-0.39, 0.29) is 24.0 Å². The quantitative estimate of drug-likeness (QED) is 0.705. The highest BCUT2D eigenvalue weighted by molar-refractivity contribution is 6.10. The number of hydrogen-bond donors (Lipinski definition) is 2. The number of rotatable bonds is 5. The molecular formula is C20H17N3O5. The SMILES string of the molecule is CN1C(=O)C(CNC(=O)c2ccco2)(NC(=O)c2ccco2)c2ccccc21. The van der Waals surface area contributed by atoms with Gasteiger partial charge in [0.15, 0.2) is 17.1 Å². The van der Waals surface area contributed by atoms with Gasteiger partial charge in [-0.3, -0.25) is 14.4 Å². The van der Waals surface area contributed by atoms with Gasteiger partial charge in [-0.05, 0) is 30.3 Å².